The van der Waals surface area contributed by atoms with E-state index in [9.17, 15) is 12.8 Å². The van der Waals surface area contributed by atoms with Crippen molar-refractivity contribution in [2.24, 2.45) is 0 Å². The number of fused-ring (bicyclic) bond motifs is 1. The first-order valence-corrected chi connectivity index (χ1v) is 11.3. The molecule has 0 spiro atoms. The lowest BCUT2D eigenvalue weighted by Gasteiger charge is -2.16. The first kappa shape index (κ1) is 19.4. The molecule has 3 aromatic rings. The van der Waals surface area contributed by atoms with E-state index in [1.54, 1.807) is 19.1 Å². The van der Waals surface area contributed by atoms with Crippen LogP contribution in [0.25, 0.3) is 10.9 Å². The Hall–Kier alpha value is -1.88. The van der Waals surface area contributed by atoms with Crippen LogP contribution in [-0.2, 0) is 16.4 Å². The highest BCUT2D eigenvalue weighted by Gasteiger charge is 2.36. The summed E-state index contributed by atoms with van der Waals surface area (Å²) < 4.78 is 57.9. The lowest BCUT2D eigenvalue weighted by atomic mass is 9.99. The standard InChI is InChI=1S/C19H16F2IN3O2S/c1-10-14-8-17(25-28(26,27)13-4-5-13)15(18(21)19(14)24-9-23-10)6-11-2-3-12(22)7-16(11)20/h2-3,7-9,13,25H,4-6H2,1H3. The zero-order chi connectivity index (χ0) is 20.1. The van der Waals surface area contributed by atoms with Crippen molar-refractivity contribution in [3.63, 3.8) is 0 Å². The Morgan fingerprint density at radius 2 is 1.96 bits per heavy atom. The van der Waals surface area contributed by atoms with Crippen LogP contribution in [0.4, 0.5) is 14.5 Å². The van der Waals surface area contributed by atoms with E-state index >= 15 is 4.39 Å². The second-order valence-corrected chi connectivity index (χ2v) is 10.0. The number of aromatic nitrogens is 2. The minimum absolute atomic E-state index is 0.0648. The maximum Gasteiger partial charge on any atom is 0.235 e. The first-order chi connectivity index (χ1) is 13.3. The van der Waals surface area contributed by atoms with Crippen molar-refractivity contribution >= 4 is 49.2 Å². The van der Waals surface area contributed by atoms with Crippen molar-refractivity contribution in [2.75, 3.05) is 4.72 Å². The summed E-state index contributed by atoms with van der Waals surface area (Å²) in [5.41, 5.74) is 1.06. The summed E-state index contributed by atoms with van der Waals surface area (Å²) in [4.78, 5) is 8.06. The lowest BCUT2D eigenvalue weighted by Crippen LogP contribution is -2.19. The van der Waals surface area contributed by atoms with Gasteiger partial charge in [-0.05, 0) is 66.1 Å². The average Bonchev–Trinajstić information content (AvgIpc) is 3.46. The van der Waals surface area contributed by atoms with Gasteiger partial charge in [0.05, 0.1) is 10.9 Å². The molecule has 1 aromatic heterocycles. The molecule has 0 radical (unpaired) electrons. The second kappa shape index (κ2) is 7.18. The Kier molecular flexibility index (Phi) is 4.98. The third-order valence-corrected chi connectivity index (χ3v) is 7.29. The predicted molar refractivity (Wildman–Crippen MR) is 112 cm³/mol. The summed E-state index contributed by atoms with van der Waals surface area (Å²) in [5.74, 6) is -1.14. The minimum atomic E-state index is -3.62. The molecule has 0 atom stereocenters. The number of halogens is 3. The molecule has 1 fully saturated rings. The van der Waals surface area contributed by atoms with Crippen LogP contribution in [0.5, 0.6) is 0 Å². The molecule has 1 aliphatic rings. The zero-order valence-electron chi connectivity index (χ0n) is 14.8. The van der Waals surface area contributed by atoms with Crippen LogP contribution < -0.4 is 4.72 Å². The number of nitrogens with one attached hydrogen (secondary N) is 1. The van der Waals surface area contributed by atoms with Crippen molar-refractivity contribution in [1.29, 1.82) is 0 Å². The molecule has 28 heavy (non-hydrogen) atoms. The molecule has 1 aliphatic carbocycles. The largest absolute Gasteiger partial charge is 0.283 e. The molecule has 146 valence electrons. The van der Waals surface area contributed by atoms with E-state index in [1.807, 2.05) is 22.6 Å². The van der Waals surface area contributed by atoms with E-state index < -0.39 is 26.9 Å². The Labute approximate surface area is 174 Å². The highest BCUT2D eigenvalue weighted by atomic mass is 127. The third-order valence-electron chi connectivity index (χ3n) is 4.77. The SMILES string of the molecule is Cc1ncnc2c(F)c(Cc3ccc(I)cc3F)c(NS(=O)(=O)C3CC3)cc12. The summed E-state index contributed by atoms with van der Waals surface area (Å²) in [6, 6.07) is 6.19. The van der Waals surface area contributed by atoms with E-state index in [-0.39, 0.29) is 28.8 Å². The molecule has 1 heterocycles. The average molecular weight is 515 g/mol. The summed E-state index contributed by atoms with van der Waals surface area (Å²) in [6.45, 7) is 1.70. The molecule has 0 amide bonds. The van der Waals surface area contributed by atoms with Crippen molar-refractivity contribution in [2.45, 2.75) is 31.4 Å². The molecule has 4 rings (SSSR count). The lowest BCUT2D eigenvalue weighted by molar-refractivity contribution is 0.599. The number of aryl methyl sites for hydroxylation is 1. The summed E-state index contributed by atoms with van der Waals surface area (Å²) in [6.07, 6.45) is 2.31. The number of anilines is 1. The van der Waals surface area contributed by atoms with Gasteiger partial charge in [0.25, 0.3) is 0 Å². The molecule has 0 saturated heterocycles. The molecule has 5 nitrogen and oxygen atoms in total. The van der Waals surface area contributed by atoms with Gasteiger partial charge in [-0.2, -0.15) is 0 Å². The molecular weight excluding hydrogens is 499 g/mol. The Bertz CT molecular complexity index is 1200. The fraction of sp³-hybridized carbons (Fsp3) is 0.263. The highest BCUT2D eigenvalue weighted by Crippen LogP contribution is 2.35. The van der Waals surface area contributed by atoms with E-state index in [0.717, 1.165) is 3.57 Å². The third kappa shape index (κ3) is 3.69. The molecule has 2 aromatic carbocycles. The first-order valence-electron chi connectivity index (χ1n) is 8.64. The van der Waals surface area contributed by atoms with Crippen LogP contribution in [0.3, 0.4) is 0 Å². The fourth-order valence-corrected chi connectivity index (χ4v) is 4.92. The van der Waals surface area contributed by atoms with E-state index in [0.29, 0.717) is 23.9 Å². The van der Waals surface area contributed by atoms with Crippen LogP contribution in [0, 0.1) is 22.1 Å². The highest BCUT2D eigenvalue weighted by molar-refractivity contribution is 14.1. The van der Waals surface area contributed by atoms with Crippen LogP contribution in [0.15, 0.2) is 30.6 Å². The van der Waals surface area contributed by atoms with E-state index in [2.05, 4.69) is 14.7 Å². The molecule has 0 bridgehead atoms. The van der Waals surface area contributed by atoms with Gasteiger partial charge in [0.1, 0.15) is 17.7 Å². The van der Waals surface area contributed by atoms with Gasteiger partial charge in [-0.15, -0.1) is 0 Å². The number of hydrogen-bond donors (Lipinski definition) is 1. The van der Waals surface area contributed by atoms with Gasteiger partial charge in [-0.1, -0.05) is 6.07 Å². The van der Waals surface area contributed by atoms with Gasteiger partial charge in [0, 0.05) is 26.6 Å². The van der Waals surface area contributed by atoms with Gasteiger partial charge in [-0.25, -0.2) is 27.2 Å². The number of hydrogen-bond acceptors (Lipinski definition) is 4. The molecule has 9 heteroatoms. The maximum atomic E-state index is 15.3. The summed E-state index contributed by atoms with van der Waals surface area (Å²) in [7, 11) is -3.62. The fourth-order valence-electron chi connectivity index (χ4n) is 3.06. The topological polar surface area (TPSA) is 72.0 Å². The summed E-state index contributed by atoms with van der Waals surface area (Å²) >= 11 is 1.99. The maximum absolute atomic E-state index is 15.3. The number of nitrogens with zero attached hydrogens (tertiary/aromatic N) is 2. The molecule has 0 aliphatic heterocycles. The van der Waals surface area contributed by atoms with Crippen molar-refractivity contribution in [1.82, 2.24) is 9.97 Å². The van der Waals surface area contributed by atoms with Gasteiger partial charge >= 0.3 is 0 Å². The van der Waals surface area contributed by atoms with Crippen LogP contribution in [-0.4, -0.2) is 23.6 Å². The monoisotopic (exact) mass is 515 g/mol. The van der Waals surface area contributed by atoms with Gasteiger partial charge in [-0.3, -0.25) is 4.72 Å². The molecule has 0 unspecified atom stereocenters. The van der Waals surface area contributed by atoms with Crippen molar-refractivity contribution in [3.8, 4) is 0 Å². The minimum Gasteiger partial charge on any atom is -0.283 e. The van der Waals surface area contributed by atoms with Crippen LogP contribution in [0.2, 0.25) is 0 Å². The van der Waals surface area contributed by atoms with Gasteiger partial charge in [0.15, 0.2) is 5.82 Å². The Morgan fingerprint density at radius 3 is 2.64 bits per heavy atom. The van der Waals surface area contributed by atoms with Gasteiger partial charge in [0.2, 0.25) is 10.0 Å². The molecule has 1 saturated carbocycles. The molecular formula is C19H16F2IN3O2S. The smallest absolute Gasteiger partial charge is 0.235 e. The molecule has 1 N–H and O–H groups in total. The van der Waals surface area contributed by atoms with E-state index in [1.165, 1.54) is 18.5 Å². The Balaban J connectivity index is 1.88. The quantitative estimate of drug-likeness (QED) is 0.514. The van der Waals surface area contributed by atoms with Gasteiger partial charge < -0.3 is 0 Å². The second-order valence-electron chi connectivity index (χ2n) is 6.83. The van der Waals surface area contributed by atoms with E-state index in [4.69, 9.17) is 0 Å². The number of rotatable bonds is 5. The number of sulfonamides is 1. The summed E-state index contributed by atoms with van der Waals surface area (Å²) in [5, 5.41) is -0.0532. The van der Waals surface area contributed by atoms with Crippen molar-refractivity contribution in [3.05, 3.63) is 62.6 Å². The predicted octanol–water partition coefficient (Wildman–Crippen LogP) is 4.32. The zero-order valence-corrected chi connectivity index (χ0v) is 17.8. The van der Waals surface area contributed by atoms with Crippen molar-refractivity contribution < 1.29 is 17.2 Å². The normalized spacial score (nSPS) is 14.4. The van der Waals surface area contributed by atoms with Crippen LogP contribution in [0.1, 0.15) is 29.7 Å². The Morgan fingerprint density at radius 1 is 1.21 bits per heavy atom. The van der Waals surface area contributed by atoms with Crippen LogP contribution >= 0.6 is 22.6 Å². The number of benzene rings is 2.